The van der Waals surface area contributed by atoms with E-state index in [0.717, 1.165) is 48.2 Å². The van der Waals surface area contributed by atoms with Gasteiger partial charge in [-0.1, -0.05) is 48.6 Å². The highest BCUT2D eigenvalue weighted by atomic mass is 16.2. The van der Waals surface area contributed by atoms with E-state index in [0.29, 0.717) is 24.5 Å². The summed E-state index contributed by atoms with van der Waals surface area (Å²) in [4.78, 5) is 54.1. The molecule has 43 heavy (non-hydrogen) atoms. The Morgan fingerprint density at radius 3 is 1.60 bits per heavy atom. The summed E-state index contributed by atoms with van der Waals surface area (Å²) in [5.74, 6) is -0.179. The van der Waals surface area contributed by atoms with E-state index < -0.39 is 12.1 Å². The number of aromatic amines is 1. The number of nitrogens with one attached hydrogen (secondary N) is 3. The molecule has 2 aliphatic heterocycles. The van der Waals surface area contributed by atoms with E-state index >= 15 is 0 Å². The zero-order chi connectivity index (χ0) is 29.5. The zero-order valence-corrected chi connectivity index (χ0v) is 23.5. The van der Waals surface area contributed by atoms with E-state index in [1.807, 2.05) is 66.7 Å². The summed E-state index contributed by atoms with van der Waals surface area (Å²) in [7, 11) is 0. The number of carbonyl (C=O) groups excluding carboxylic acids is 4. The summed E-state index contributed by atoms with van der Waals surface area (Å²) in [5, 5.41) is 13.4. The van der Waals surface area contributed by atoms with Crippen molar-refractivity contribution in [2.45, 2.75) is 37.8 Å². The average molecular weight is 577 g/mol. The lowest BCUT2D eigenvalue weighted by Gasteiger charge is -2.24. The molecule has 10 heteroatoms. The Bertz CT molecular complexity index is 1510. The molecule has 1 aromatic heterocycles. The van der Waals surface area contributed by atoms with Crippen molar-refractivity contribution in [3.63, 3.8) is 0 Å². The summed E-state index contributed by atoms with van der Waals surface area (Å²) in [6.07, 6.45) is 10.9. The van der Waals surface area contributed by atoms with Gasteiger partial charge in [-0.15, -0.1) is 0 Å². The van der Waals surface area contributed by atoms with Crippen molar-refractivity contribution >= 4 is 35.0 Å². The molecule has 3 heterocycles. The lowest BCUT2D eigenvalue weighted by Crippen LogP contribution is -2.44. The van der Waals surface area contributed by atoms with Gasteiger partial charge in [0.1, 0.15) is 12.1 Å². The first kappa shape index (κ1) is 26.9. The predicted molar refractivity (Wildman–Crippen MR) is 161 cm³/mol. The van der Waals surface area contributed by atoms with Crippen LogP contribution >= 0.6 is 0 Å². The van der Waals surface area contributed by atoms with Crippen molar-refractivity contribution in [3.8, 4) is 22.5 Å². The minimum Gasteiger partial charge on any atom is -0.324 e. The van der Waals surface area contributed by atoms with E-state index in [1.54, 1.807) is 22.0 Å². The van der Waals surface area contributed by atoms with Crippen molar-refractivity contribution in [2.24, 2.45) is 11.8 Å². The smallest absolute Gasteiger partial charge is 0.251 e. The molecular weight excluding hydrogens is 544 g/mol. The average Bonchev–Trinajstić information content (AvgIpc) is 3.88. The number of benzene rings is 2. The monoisotopic (exact) mass is 576 g/mol. The van der Waals surface area contributed by atoms with Gasteiger partial charge in [0.25, 0.3) is 11.8 Å². The van der Waals surface area contributed by atoms with Crippen molar-refractivity contribution in [3.05, 3.63) is 78.9 Å². The van der Waals surface area contributed by atoms with Gasteiger partial charge >= 0.3 is 0 Å². The van der Waals surface area contributed by atoms with Gasteiger partial charge in [-0.05, 0) is 61.6 Å². The topological polar surface area (TPSA) is 128 Å². The third kappa shape index (κ3) is 5.60. The summed E-state index contributed by atoms with van der Waals surface area (Å²) in [5.41, 5.74) is 4.65. The normalized spacial score (nSPS) is 20.8. The van der Waals surface area contributed by atoms with E-state index in [2.05, 4.69) is 20.8 Å². The van der Waals surface area contributed by atoms with Crippen LogP contribution in [0.2, 0.25) is 0 Å². The molecule has 3 aromatic rings. The Balaban J connectivity index is 0.958. The first-order chi connectivity index (χ1) is 20.9. The third-order valence-corrected chi connectivity index (χ3v) is 8.36. The molecule has 7 rings (SSSR count). The molecule has 2 saturated carbocycles. The van der Waals surface area contributed by atoms with Crippen LogP contribution in [0, 0.1) is 11.8 Å². The number of carbonyl (C=O) groups is 4. The molecule has 4 aliphatic rings. The highest BCUT2D eigenvalue weighted by Gasteiger charge is 2.40. The number of aromatic nitrogens is 2. The van der Waals surface area contributed by atoms with Gasteiger partial charge in [0.05, 0.1) is 11.4 Å². The quantitative estimate of drug-likeness (QED) is 0.350. The largest absolute Gasteiger partial charge is 0.324 e. The minimum atomic E-state index is -0.577. The maximum absolute atomic E-state index is 12.9. The van der Waals surface area contributed by atoms with Crippen LogP contribution < -0.4 is 10.6 Å². The highest BCUT2D eigenvalue weighted by Crippen LogP contribution is 2.34. The van der Waals surface area contributed by atoms with Crippen LogP contribution in [0.4, 0.5) is 11.4 Å². The number of amides is 4. The van der Waals surface area contributed by atoms with Crippen LogP contribution in [-0.4, -0.2) is 68.8 Å². The molecule has 2 aromatic carbocycles. The van der Waals surface area contributed by atoms with Crippen LogP contribution in [0.25, 0.3) is 22.5 Å². The Morgan fingerprint density at radius 2 is 1.14 bits per heavy atom. The molecule has 2 fully saturated rings. The molecule has 0 bridgehead atoms. The summed E-state index contributed by atoms with van der Waals surface area (Å²) >= 11 is 0. The van der Waals surface area contributed by atoms with Crippen LogP contribution in [-0.2, 0) is 19.2 Å². The zero-order valence-electron chi connectivity index (χ0n) is 23.5. The first-order valence-corrected chi connectivity index (χ1v) is 14.8. The van der Waals surface area contributed by atoms with Gasteiger partial charge in [0.15, 0.2) is 0 Å². The number of nitrogens with zero attached hydrogens (tertiary/aromatic N) is 3. The molecule has 218 valence electrons. The Labute approximate surface area is 248 Å². The number of hydrogen-bond acceptors (Lipinski definition) is 5. The molecule has 0 unspecified atom stereocenters. The van der Waals surface area contributed by atoms with Gasteiger partial charge < -0.3 is 20.4 Å². The molecule has 4 amide bonds. The first-order valence-electron chi connectivity index (χ1n) is 14.8. The molecule has 10 nitrogen and oxygen atoms in total. The van der Waals surface area contributed by atoms with Crippen molar-refractivity contribution in [2.75, 3.05) is 23.7 Å². The van der Waals surface area contributed by atoms with Crippen molar-refractivity contribution < 1.29 is 19.2 Å². The molecule has 3 N–H and O–H groups in total. The van der Waals surface area contributed by atoms with Gasteiger partial charge in [0.2, 0.25) is 11.8 Å². The molecule has 2 aliphatic carbocycles. The fraction of sp³-hybridized carbons (Fsp3) is 0.303. The summed E-state index contributed by atoms with van der Waals surface area (Å²) < 4.78 is 0. The summed E-state index contributed by atoms with van der Waals surface area (Å²) in [6.45, 7) is 0.954. The molecule has 0 spiro atoms. The van der Waals surface area contributed by atoms with E-state index in [1.165, 1.54) is 0 Å². The predicted octanol–water partition coefficient (Wildman–Crippen LogP) is 3.97. The summed E-state index contributed by atoms with van der Waals surface area (Å²) in [6, 6.07) is 15.7. The Hall–Kier alpha value is -4.99. The second-order valence-corrected chi connectivity index (χ2v) is 11.6. The second-order valence-electron chi connectivity index (χ2n) is 11.6. The van der Waals surface area contributed by atoms with E-state index in [-0.39, 0.29) is 35.5 Å². The number of anilines is 2. The molecule has 0 saturated heterocycles. The maximum atomic E-state index is 12.9. The lowest BCUT2D eigenvalue weighted by molar-refractivity contribution is -0.137. The molecule has 2 atom stereocenters. The molecule has 0 radical (unpaired) electrons. The lowest BCUT2D eigenvalue weighted by atomic mass is 10.1. The van der Waals surface area contributed by atoms with Gasteiger partial charge in [0, 0.05) is 41.9 Å². The Morgan fingerprint density at radius 1 is 0.674 bits per heavy atom. The van der Waals surface area contributed by atoms with Crippen molar-refractivity contribution in [1.82, 2.24) is 20.0 Å². The SMILES string of the molecule is O=C(Nc1ccc(-c2cc(-c3ccc(NC(=O)[C@@H]4C=CCN4C(=O)C4CC4)cc3)[nH]n2)cc1)[C@@H]1C=CCN1C(=O)C1CC1. The number of hydrogen-bond donors (Lipinski definition) is 3. The van der Waals surface area contributed by atoms with Crippen molar-refractivity contribution in [1.29, 1.82) is 0 Å². The second kappa shape index (κ2) is 11.0. The fourth-order valence-corrected chi connectivity index (χ4v) is 5.59. The van der Waals surface area contributed by atoms with Crippen LogP contribution in [0.5, 0.6) is 0 Å². The fourth-order valence-electron chi connectivity index (χ4n) is 5.59. The maximum Gasteiger partial charge on any atom is 0.251 e. The standard InChI is InChI=1S/C33H32N6O4/c40-30(28-3-1-17-38(28)32(42)22-5-6-22)34-24-13-9-20(10-14-24)26-19-27(37-36-26)21-11-15-25(16-12-21)35-31(41)29-4-2-18-39(29)33(43)23-7-8-23/h1-4,9-16,19,22-23,28-29H,5-8,17-18H2,(H,34,40)(H,35,41)(H,36,37)/t28-,29-/m0/s1. The van der Waals surface area contributed by atoms with E-state index in [9.17, 15) is 19.2 Å². The Kier molecular flexibility index (Phi) is 6.89. The van der Waals surface area contributed by atoms with E-state index in [4.69, 9.17) is 0 Å². The van der Waals surface area contributed by atoms with Gasteiger partial charge in [-0.25, -0.2) is 0 Å². The number of rotatable bonds is 8. The molecular formula is C33H32N6O4. The van der Waals surface area contributed by atoms with Gasteiger partial charge in [-0.3, -0.25) is 24.3 Å². The van der Waals surface area contributed by atoms with Gasteiger partial charge in [-0.2, -0.15) is 5.10 Å². The van der Waals surface area contributed by atoms with Crippen LogP contribution in [0.1, 0.15) is 25.7 Å². The third-order valence-electron chi connectivity index (χ3n) is 8.36. The number of H-pyrrole nitrogens is 1. The minimum absolute atomic E-state index is 0.0592. The highest BCUT2D eigenvalue weighted by molar-refractivity contribution is 6.00. The van der Waals surface area contributed by atoms with Crippen LogP contribution in [0.15, 0.2) is 78.9 Å². The van der Waals surface area contributed by atoms with Crippen LogP contribution in [0.3, 0.4) is 0 Å².